The van der Waals surface area contributed by atoms with Crippen LogP contribution in [-0.4, -0.2) is 37.2 Å². The van der Waals surface area contributed by atoms with Crippen molar-refractivity contribution in [1.82, 2.24) is 0 Å². The van der Waals surface area contributed by atoms with Crippen LogP contribution in [0.1, 0.15) is 30.5 Å². The zero-order valence-electron chi connectivity index (χ0n) is 21.7. The molecule has 1 unspecified atom stereocenters. The number of benzene rings is 3. The van der Waals surface area contributed by atoms with Crippen molar-refractivity contribution in [2.75, 3.05) is 18.6 Å². The molecule has 3 N–H and O–H groups in total. The molecule has 39 heavy (non-hydrogen) atoms. The number of methoxy groups -OCH3 is 1. The van der Waals surface area contributed by atoms with Crippen LogP contribution in [0.2, 0.25) is 0 Å². The second-order valence-electron chi connectivity index (χ2n) is 8.76. The molecule has 1 aliphatic rings. The van der Waals surface area contributed by atoms with Gasteiger partial charge >= 0.3 is 6.36 Å². The van der Waals surface area contributed by atoms with Crippen LogP contribution in [0.15, 0.2) is 84.6 Å². The van der Waals surface area contributed by atoms with E-state index in [1.165, 1.54) is 18.3 Å². The van der Waals surface area contributed by atoms with E-state index in [0.29, 0.717) is 29.8 Å². The van der Waals surface area contributed by atoms with E-state index in [0.717, 1.165) is 16.9 Å². The molecule has 1 aliphatic heterocycles. The van der Waals surface area contributed by atoms with Crippen molar-refractivity contribution in [2.45, 2.75) is 32.0 Å². The van der Waals surface area contributed by atoms with Gasteiger partial charge in [-0.25, -0.2) is 0 Å². The van der Waals surface area contributed by atoms with E-state index in [-0.39, 0.29) is 28.4 Å². The molecule has 0 bridgehead atoms. The molecule has 0 aliphatic carbocycles. The number of nitrogens with zero attached hydrogens (tertiary/aromatic N) is 1. The predicted octanol–water partition coefficient (Wildman–Crippen LogP) is 7.04. The van der Waals surface area contributed by atoms with Gasteiger partial charge in [0.25, 0.3) is 0 Å². The second kappa shape index (κ2) is 13.3. The van der Waals surface area contributed by atoms with Crippen LogP contribution in [0.3, 0.4) is 0 Å². The fourth-order valence-electron chi connectivity index (χ4n) is 4.62. The fourth-order valence-corrected chi connectivity index (χ4v) is 4.62. The van der Waals surface area contributed by atoms with Gasteiger partial charge in [-0.1, -0.05) is 30.3 Å². The summed E-state index contributed by atoms with van der Waals surface area (Å²) in [6.45, 7) is 4.76. The Morgan fingerprint density at radius 3 is 2.26 bits per heavy atom. The van der Waals surface area contributed by atoms with E-state index in [9.17, 15) is 13.2 Å². The van der Waals surface area contributed by atoms with Crippen molar-refractivity contribution in [1.29, 1.82) is 10.8 Å². The average molecular weight is 585 g/mol. The molecular weight excluding hydrogens is 554 g/mol. The minimum Gasteiger partial charge on any atom is -0.497 e. The number of rotatable bonds is 7. The minimum absolute atomic E-state index is 0. The Labute approximate surface area is 236 Å². The van der Waals surface area contributed by atoms with Crippen LogP contribution >= 0.6 is 0 Å². The van der Waals surface area contributed by atoms with Gasteiger partial charge in [-0.2, -0.15) is 0 Å². The monoisotopic (exact) mass is 584 g/mol. The summed E-state index contributed by atoms with van der Waals surface area (Å²) >= 11 is 0. The number of hydrogen-bond donors (Lipinski definition) is 3. The zero-order valence-corrected chi connectivity index (χ0v) is 22.7. The first kappa shape index (κ1) is 31.5. The first-order chi connectivity index (χ1) is 18.0. The Morgan fingerprint density at radius 2 is 1.72 bits per heavy atom. The normalized spacial score (nSPS) is 16.9. The average Bonchev–Trinajstić information content (AvgIpc) is 3.10. The van der Waals surface area contributed by atoms with Crippen LogP contribution in [-0.2, 0) is 28.6 Å². The molecule has 3 aromatic carbocycles. The Kier molecular flexibility index (Phi) is 10.8. The fraction of sp³-hybridized carbons (Fsp3) is 0.241. The Hall–Kier alpha value is -3.76. The summed E-state index contributed by atoms with van der Waals surface area (Å²) in [5.41, 5.74) is 3.64. The number of halogens is 3. The van der Waals surface area contributed by atoms with Crippen LogP contribution in [0.5, 0.6) is 11.5 Å². The number of aliphatic hydroxyl groups is 1. The van der Waals surface area contributed by atoms with Gasteiger partial charge in [0.2, 0.25) is 5.90 Å². The Bertz CT molecular complexity index is 1320. The summed E-state index contributed by atoms with van der Waals surface area (Å²) in [6, 6.07) is 20.6. The largest absolute Gasteiger partial charge is 0.573 e. The Balaban J connectivity index is 0.000000453. The number of aliphatic hydroxyl groups excluding tert-OH is 1. The van der Waals surface area contributed by atoms with E-state index < -0.39 is 11.8 Å². The van der Waals surface area contributed by atoms with Crippen LogP contribution in [0.25, 0.3) is 0 Å². The second-order valence-corrected chi connectivity index (χ2v) is 8.76. The van der Waals surface area contributed by atoms with Gasteiger partial charge in [0.05, 0.1) is 7.11 Å². The van der Waals surface area contributed by atoms with E-state index in [2.05, 4.69) is 9.64 Å². The van der Waals surface area contributed by atoms with Crippen molar-refractivity contribution < 1.29 is 44.5 Å². The third-order valence-corrected chi connectivity index (χ3v) is 6.24. The molecule has 0 amide bonds. The molecule has 0 aromatic heterocycles. The summed E-state index contributed by atoms with van der Waals surface area (Å²) in [5.74, 6) is 0.0827. The van der Waals surface area contributed by atoms with Gasteiger partial charge in [0.1, 0.15) is 11.5 Å². The molecule has 209 valence electrons. The predicted molar refractivity (Wildman–Crippen MR) is 143 cm³/mol. The van der Waals surface area contributed by atoms with E-state index in [1.807, 2.05) is 38.1 Å². The van der Waals surface area contributed by atoms with E-state index >= 15 is 0 Å². The smallest absolute Gasteiger partial charge is 0.497 e. The molecule has 1 atom stereocenters. The summed E-state index contributed by atoms with van der Waals surface area (Å²) in [7, 11) is 1.60. The van der Waals surface area contributed by atoms with Crippen LogP contribution in [0, 0.1) is 10.8 Å². The summed E-state index contributed by atoms with van der Waals surface area (Å²) in [4.78, 5) is 2.12. The number of ether oxygens (including phenoxy) is 2. The summed E-state index contributed by atoms with van der Waals surface area (Å²) in [5, 5.41) is 23.0. The molecule has 1 heterocycles. The number of alkyl halides is 3. The van der Waals surface area contributed by atoms with Gasteiger partial charge < -0.3 is 24.9 Å². The molecule has 0 spiro atoms. The molecular formula is C29H30CoF3N3O3. The standard InChI is InChI=1S/C22H23F3N2O2.C7H7NO.Co/c1-4-27-19-9-8-16(28-3)13-18(19)21(2,20(27)10-11-26)14-15-6-5-7-17(12-15)29-22(23,24)25;8-7(9)6-4-2-1-3-5-6;/h5-13,26H,4,14H2,1-3H3;1-5H,(H2,8,9);/b20-10-,26-11?;;. The van der Waals surface area contributed by atoms with Crippen molar-refractivity contribution in [3.05, 3.63) is 101 Å². The first-order valence-electron chi connectivity index (χ1n) is 11.9. The molecule has 6 nitrogen and oxygen atoms in total. The van der Waals surface area contributed by atoms with Crippen LogP contribution < -0.4 is 14.4 Å². The van der Waals surface area contributed by atoms with Gasteiger partial charge in [-0.3, -0.25) is 5.41 Å². The maximum absolute atomic E-state index is 12.6. The van der Waals surface area contributed by atoms with Gasteiger partial charge in [0, 0.05) is 51.9 Å². The molecule has 0 saturated heterocycles. The SMILES string of the molecule is CCN1/C(=C\C=N)C(C)(Cc2cccc(OC(F)(F)F)c2)c2cc(OC)ccc21.N=C(O)c1ccccc1.[Co]. The number of anilines is 1. The van der Waals surface area contributed by atoms with Gasteiger partial charge in [-0.15, -0.1) is 13.2 Å². The molecule has 0 fully saturated rings. The topological polar surface area (TPSA) is 89.6 Å². The maximum atomic E-state index is 12.6. The number of nitrogens with one attached hydrogen (secondary N) is 2. The van der Waals surface area contributed by atoms with Crippen molar-refractivity contribution in [2.24, 2.45) is 0 Å². The number of allylic oxidation sites excluding steroid dienone is 2. The molecule has 0 saturated carbocycles. The minimum atomic E-state index is -4.74. The van der Waals surface area contributed by atoms with E-state index in [1.54, 1.807) is 49.6 Å². The van der Waals surface area contributed by atoms with Crippen molar-refractivity contribution in [3.8, 4) is 11.5 Å². The van der Waals surface area contributed by atoms with Gasteiger partial charge in [0.15, 0.2) is 0 Å². The van der Waals surface area contributed by atoms with Crippen molar-refractivity contribution in [3.63, 3.8) is 0 Å². The number of likely N-dealkylation sites (N-methyl/N-ethyl adjacent to an activating group) is 1. The number of hydrogen-bond acceptors (Lipinski definition) is 5. The molecule has 3 aromatic rings. The Morgan fingerprint density at radius 1 is 1.03 bits per heavy atom. The molecule has 1 radical (unpaired) electrons. The third kappa shape index (κ3) is 7.64. The third-order valence-electron chi connectivity index (χ3n) is 6.24. The molecule has 10 heteroatoms. The summed E-state index contributed by atoms with van der Waals surface area (Å²) < 4.78 is 47.3. The maximum Gasteiger partial charge on any atom is 0.573 e. The quantitative estimate of drug-likeness (QED) is 0.205. The van der Waals surface area contributed by atoms with Crippen LogP contribution in [0.4, 0.5) is 18.9 Å². The van der Waals surface area contributed by atoms with Gasteiger partial charge in [-0.05, 0) is 79.9 Å². The number of fused-ring (bicyclic) bond motifs is 1. The van der Waals surface area contributed by atoms with Crippen molar-refractivity contribution >= 4 is 17.8 Å². The van der Waals surface area contributed by atoms with E-state index in [4.69, 9.17) is 20.7 Å². The zero-order chi connectivity index (χ0) is 27.9. The summed E-state index contributed by atoms with van der Waals surface area (Å²) in [6.07, 6.45) is -1.31. The first-order valence-corrected chi connectivity index (χ1v) is 11.9. The molecule has 4 rings (SSSR count).